The van der Waals surface area contributed by atoms with Crippen LogP contribution < -0.4 is 10.1 Å². The van der Waals surface area contributed by atoms with Crippen molar-refractivity contribution in [2.24, 2.45) is 5.41 Å². The Kier molecular flexibility index (Phi) is 3.85. The van der Waals surface area contributed by atoms with Crippen molar-refractivity contribution in [3.63, 3.8) is 0 Å². The van der Waals surface area contributed by atoms with Crippen LogP contribution >= 0.6 is 0 Å². The number of hydrogen-bond acceptors (Lipinski definition) is 3. The van der Waals surface area contributed by atoms with Crippen molar-refractivity contribution >= 4 is 10.9 Å². The highest BCUT2D eigenvalue weighted by molar-refractivity contribution is 5.84. The van der Waals surface area contributed by atoms with Crippen LogP contribution in [-0.4, -0.2) is 23.7 Å². The van der Waals surface area contributed by atoms with Crippen molar-refractivity contribution in [2.45, 2.75) is 45.8 Å². The Morgan fingerprint density at radius 2 is 2.10 bits per heavy atom. The number of ether oxygens (including phenoxy) is 1. The lowest BCUT2D eigenvalue weighted by atomic mass is 9.64. The fraction of sp³-hybridized carbons (Fsp3) is 0.500. The first-order chi connectivity index (χ1) is 10.1. The number of nitrogens with one attached hydrogen (secondary N) is 1. The zero-order valence-electron chi connectivity index (χ0n) is 13.1. The van der Waals surface area contributed by atoms with E-state index in [4.69, 9.17) is 4.74 Å². The quantitative estimate of drug-likeness (QED) is 0.907. The molecule has 3 nitrogen and oxygen atoms in total. The molecule has 1 heterocycles. The molecule has 1 aromatic carbocycles. The molecule has 3 rings (SSSR count). The van der Waals surface area contributed by atoms with Crippen molar-refractivity contribution in [1.82, 2.24) is 10.3 Å². The lowest BCUT2D eigenvalue weighted by Gasteiger charge is -2.51. The number of benzene rings is 1. The molecule has 0 bridgehead atoms. The third-order valence-corrected chi connectivity index (χ3v) is 4.68. The van der Waals surface area contributed by atoms with Gasteiger partial charge in [0.05, 0.1) is 0 Å². The Bertz CT molecular complexity index is 618. The van der Waals surface area contributed by atoms with Crippen LogP contribution in [0.4, 0.5) is 0 Å². The van der Waals surface area contributed by atoms with Crippen molar-refractivity contribution in [2.75, 3.05) is 6.54 Å². The van der Waals surface area contributed by atoms with Gasteiger partial charge >= 0.3 is 0 Å². The van der Waals surface area contributed by atoms with E-state index in [-0.39, 0.29) is 11.5 Å². The summed E-state index contributed by atoms with van der Waals surface area (Å²) in [5, 5.41) is 4.75. The van der Waals surface area contributed by atoms with Gasteiger partial charge in [-0.05, 0) is 25.1 Å². The second kappa shape index (κ2) is 5.64. The van der Waals surface area contributed by atoms with Gasteiger partial charge in [-0.2, -0.15) is 0 Å². The Morgan fingerprint density at radius 1 is 1.29 bits per heavy atom. The fourth-order valence-corrected chi connectivity index (χ4v) is 3.07. The Balaban J connectivity index is 1.75. The summed E-state index contributed by atoms with van der Waals surface area (Å²) in [4.78, 5) is 4.47. The number of fused-ring (bicyclic) bond motifs is 1. The molecule has 1 N–H and O–H groups in total. The molecule has 0 spiro atoms. The van der Waals surface area contributed by atoms with Crippen LogP contribution in [0.2, 0.25) is 0 Å². The Morgan fingerprint density at radius 3 is 2.86 bits per heavy atom. The first-order valence-corrected chi connectivity index (χ1v) is 7.86. The molecule has 112 valence electrons. The van der Waals surface area contributed by atoms with E-state index in [0.717, 1.165) is 29.6 Å². The van der Waals surface area contributed by atoms with Gasteiger partial charge in [-0.3, -0.25) is 4.98 Å². The van der Waals surface area contributed by atoms with Crippen LogP contribution in [0.3, 0.4) is 0 Å². The van der Waals surface area contributed by atoms with Gasteiger partial charge in [-0.25, -0.2) is 0 Å². The summed E-state index contributed by atoms with van der Waals surface area (Å²) in [5.74, 6) is 0.903. The SMILES string of the molecule is CCCNC1CC(Oc2cccc3cccnc23)C1(C)C. The van der Waals surface area contributed by atoms with E-state index in [0.29, 0.717) is 6.04 Å². The lowest BCUT2D eigenvalue weighted by molar-refractivity contribution is -0.0539. The molecule has 2 aromatic rings. The van der Waals surface area contributed by atoms with Gasteiger partial charge in [0.1, 0.15) is 17.4 Å². The summed E-state index contributed by atoms with van der Waals surface area (Å²) in [5.41, 5.74) is 1.12. The standard InChI is InChI=1S/C18H24N2O/c1-4-10-19-15-12-16(18(15,2)3)21-14-9-5-7-13-8-6-11-20-17(13)14/h5-9,11,15-16,19H,4,10,12H2,1-3H3. The van der Waals surface area contributed by atoms with Gasteiger partial charge in [0.15, 0.2) is 0 Å². The normalized spacial score (nSPS) is 23.8. The molecule has 1 aromatic heterocycles. The summed E-state index contributed by atoms with van der Waals surface area (Å²) in [6.45, 7) is 7.85. The van der Waals surface area contributed by atoms with Crippen LogP contribution in [0.1, 0.15) is 33.6 Å². The second-order valence-corrected chi connectivity index (χ2v) is 6.50. The van der Waals surface area contributed by atoms with Crippen molar-refractivity contribution in [3.05, 3.63) is 36.5 Å². The van der Waals surface area contributed by atoms with E-state index in [2.05, 4.69) is 43.2 Å². The van der Waals surface area contributed by atoms with Gasteiger partial charge < -0.3 is 10.1 Å². The number of pyridine rings is 1. The lowest BCUT2D eigenvalue weighted by Crippen LogP contribution is -2.62. The molecule has 0 amide bonds. The van der Waals surface area contributed by atoms with Crippen LogP contribution in [0.25, 0.3) is 10.9 Å². The zero-order valence-corrected chi connectivity index (χ0v) is 13.1. The molecular weight excluding hydrogens is 260 g/mol. The highest BCUT2D eigenvalue weighted by Gasteiger charge is 2.49. The average molecular weight is 284 g/mol. The van der Waals surface area contributed by atoms with Crippen molar-refractivity contribution < 1.29 is 4.74 Å². The number of nitrogens with zero attached hydrogens (tertiary/aromatic N) is 1. The third kappa shape index (κ3) is 2.62. The zero-order chi connectivity index (χ0) is 14.9. The van der Waals surface area contributed by atoms with E-state index in [1.807, 2.05) is 24.4 Å². The first kappa shape index (κ1) is 14.3. The molecular formula is C18H24N2O. The maximum absolute atomic E-state index is 6.29. The molecule has 0 aliphatic heterocycles. The molecule has 2 unspecified atom stereocenters. The largest absolute Gasteiger partial charge is 0.487 e. The fourth-order valence-electron chi connectivity index (χ4n) is 3.07. The average Bonchev–Trinajstić information content (AvgIpc) is 2.50. The van der Waals surface area contributed by atoms with E-state index < -0.39 is 0 Å². The predicted molar refractivity (Wildman–Crippen MR) is 86.6 cm³/mol. The van der Waals surface area contributed by atoms with Crippen molar-refractivity contribution in [1.29, 1.82) is 0 Å². The third-order valence-electron chi connectivity index (χ3n) is 4.68. The number of rotatable bonds is 5. The number of hydrogen-bond donors (Lipinski definition) is 1. The summed E-state index contributed by atoms with van der Waals surface area (Å²) < 4.78 is 6.29. The first-order valence-electron chi connectivity index (χ1n) is 7.86. The minimum absolute atomic E-state index is 0.159. The predicted octanol–water partition coefficient (Wildman–Crippen LogP) is 3.78. The van der Waals surface area contributed by atoms with Crippen LogP contribution in [-0.2, 0) is 0 Å². The highest BCUT2D eigenvalue weighted by atomic mass is 16.5. The summed E-state index contributed by atoms with van der Waals surface area (Å²) in [6, 6.07) is 10.7. The smallest absolute Gasteiger partial charge is 0.145 e. The minimum Gasteiger partial charge on any atom is -0.487 e. The molecule has 0 radical (unpaired) electrons. The van der Waals surface area contributed by atoms with Crippen LogP contribution in [0.5, 0.6) is 5.75 Å². The molecule has 1 aliphatic carbocycles. The highest BCUT2D eigenvalue weighted by Crippen LogP contribution is 2.43. The van der Waals surface area contributed by atoms with Gasteiger partial charge in [0.2, 0.25) is 0 Å². The van der Waals surface area contributed by atoms with E-state index in [9.17, 15) is 0 Å². The summed E-state index contributed by atoms with van der Waals surface area (Å²) in [6.07, 6.45) is 4.31. The van der Waals surface area contributed by atoms with Crippen LogP contribution in [0.15, 0.2) is 36.5 Å². The van der Waals surface area contributed by atoms with Gasteiger partial charge in [-0.15, -0.1) is 0 Å². The molecule has 1 aliphatic rings. The molecule has 2 atom stereocenters. The summed E-state index contributed by atoms with van der Waals surface area (Å²) in [7, 11) is 0. The van der Waals surface area contributed by atoms with E-state index >= 15 is 0 Å². The maximum atomic E-state index is 6.29. The molecule has 1 saturated carbocycles. The topological polar surface area (TPSA) is 34.1 Å². The molecule has 3 heteroatoms. The van der Waals surface area contributed by atoms with Crippen LogP contribution in [0, 0.1) is 5.41 Å². The molecule has 21 heavy (non-hydrogen) atoms. The molecule has 1 fully saturated rings. The minimum atomic E-state index is 0.159. The monoisotopic (exact) mass is 284 g/mol. The maximum Gasteiger partial charge on any atom is 0.145 e. The van der Waals surface area contributed by atoms with Gasteiger partial charge in [0.25, 0.3) is 0 Å². The molecule has 0 saturated heterocycles. The summed E-state index contributed by atoms with van der Waals surface area (Å²) >= 11 is 0. The van der Waals surface area contributed by atoms with Crippen molar-refractivity contribution in [3.8, 4) is 5.75 Å². The Labute approximate surface area is 126 Å². The number of para-hydroxylation sites is 1. The van der Waals surface area contributed by atoms with E-state index in [1.54, 1.807) is 0 Å². The van der Waals surface area contributed by atoms with Gasteiger partial charge in [0, 0.05) is 29.5 Å². The second-order valence-electron chi connectivity index (χ2n) is 6.50. The Hall–Kier alpha value is -1.61. The number of aromatic nitrogens is 1. The van der Waals surface area contributed by atoms with E-state index in [1.165, 1.54) is 6.42 Å². The van der Waals surface area contributed by atoms with Gasteiger partial charge in [-0.1, -0.05) is 39.0 Å².